The van der Waals surface area contributed by atoms with E-state index in [-0.39, 0.29) is 12.7 Å². The summed E-state index contributed by atoms with van der Waals surface area (Å²) < 4.78 is 4.85. The zero-order valence-corrected chi connectivity index (χ0v) is 15.7. The van der Waals surface area contributed by atoms with Crippen molar-refractivity contribution in [2.75, 3.05) is 6.61 Å². The lowest BCUT2D eigenvalue weighted by atomic mass is 10.0. The molecule has 0 rings (SSSR count). The molecule has 6 heteroatoms. The first kappa shape index (κ1) is 24.3. The summed E-state index contributed by atoms with van der Waals surface area (Å²) in [6, 6.07) is 0. The molecule has 25 heavy (non-hydrogen) atoms. The maximum absolute atomic E-state index is 11.4. The van der Waals surface area contributed by atoms with Gasteiger partial charge >= 0.3 is 5.97 Å². The standard InChI is InChI=1S/C19H38O6/c1-16(19(23)24)25-18(22)14-10-6-2-4-8-12-17(21)13-9-5-3-7-11-15-20/h16-17,19-21,23-24H,2-15H2,1H3. The topological polar surface area (TPSA) is 107 Å². The third kappa shape index (κ3) is 16.5. The molecule has 0 bridgehead atoms. The first-order valence-corrected chi connectivity index (χ1v) is 9.82. The Labute approximate surface area is 152 Å². The van der Waals surface area contributed by atoms with Crippen LogP contribution in [0.4, 0.5) is 0 Å². The van der Waals surface area contributed by atoms with Crippen LogP contribution in [0.1, 0.15) is 90.4 Å². The summed E-state index contributed by atoms with van der Waals surface area (Å²) in [6.45, 7) is 1.72. The van der Waals surface area contributed by atoms with Crippen molar-refractivity contribution in [3.8, 4) is 0 Å². The summed E-state index contributed by atoms with van der Waals surface area (Å²) in [5.41, 5.74) is 0. The van der Waals surface area contributed by atoms with Crippen molar-refractivity contribution in [2.45, 2.75) is 109 Å². The summed E-state index contributed by atoms with van der Waals surface area (Å²) in [7, 11) is 0. The van der Waals surface area contributed by atoms with Crippen molar-refractivity contribution < 1.29 is 30.0 Å². The molecule has 2 unspecified atom stereocenters. The minimum atomic E-state index is -1.63. The maximum Gasteiger partial charge on any atom is 0.306 e. The van der Waals surface area contributed by atoms with Crippen LogP contribution < -0.4 is 0 Å². The Kier molecular flexibility index (Phi) is 16.3. The number of carbonyl (C=O) groups is 1. The molecule has 0 aromatic rings. The maximum atomic E-state index is 11.4. The van der Waals surface area contributed by atoms with Crippen LogP contribution in [0.25, 0.3) is 0 Å². The van der Waals surface area contributed by atoms with Gasteiger partial charge in [-0.3, -0.25) is 4.79 Å². The molecule has 0 aliphatic carbocycles. The third-order valence-corrected chi connectivity index (χ3v) is 4.35. The minimum absolute atomic E-state index is 0.209. The van der Waals surface area contributed by atoms with Gasteiger partial charge in [-0.25, -0.2) is 0 Å². The number of rotatable bonds is 17. The second kappa shape index (κ2) is 16.8. The highest BCUT2D eigenvalue weighted by Crippen LogP contribution is 2.14. The van der Waals surface area contributed by atoms with Gasteiger partial charge in [-0.2, -0.15) is 0 Å². The van der Waals surface area contributed by atoms with E-state index in [9.17, 15) is 9.90 Å². The second-order valence-corrected chi connectivity index (χ2v) is 6.85. The Bertz CT molecular complexity index is 308. The Morgan fingerprint density at radius 2 is 1.28 bits per heavy atom. The fraction of sp³-hybridized carbons (Fsp3) is 0.947. The van der Waals surface area contributed by atoms with Crippen molar-refractivity contribution in [2.24, 2.45) is 0 Å². The van der Waals surface area contributed by atoms with E-state index in [4.69, 9.17) is 20.1 Å². The van der Waals surface area contributed by atoms with Gasteiger partial charge in [0.15, 0.2) is 6.29 Å². The van der Waals surface area contributed by atoms with E-state index in [0.717, 1.165) is 77.0 Å². The van der Waals surface area contributed by atoms with E-state index >= 15 is 0 Å². The molecule has 0 fully saturated rings. The SMILES string of the molecule is CC(OC(=O)CCCCCCCC(O)CCCCCCCO)C(O)O. The number of aliphatic hydroxyl groups is 4. The molecule has 0 radical (unpaired) electrons. The van der Waals surface area contributed by atoms with Crippen LogP contribution >= 0.6 is 0 Å². The van der Waals surface area contributed by atoms with E-state index in [0.29, 0.717) is 6.42 Å². The summed E-state index contributed by atoms with van der Waals surface area (Å²) in [6.07, 6.45) is 9.29. The van der Waals surface area contributed by atoms with Gasteiger partial charge in [-0.15, -0.1) is 0 Å². The van der Waals surface area contributed by atoms with E-state index in [1.54, 1.807) is 0 Å². The number of aliphatic hydroxyl groups excluding tert-OH is 3. The quantitative estimate of drug-likeness (QED) is 0.180. The molecule has 150 valence electrons. The lowest BCUT2D eigenvalue weighted by molar-refractivity contribution is -0.172. The normalized spacial score (nSPS) is 13.8. The van der Waals surface area contributed by atoms with Gasteiger partial charge in [0, 0.05) is 13.0 Å². The van der Waals surface area contributed by atoms with Gasteiger partial charge in [0.2, 0.25) is 0 Å². The lowest BCUT2D eigenvalue weighted by Gasteiger charge is -2.14. The number of ether oxygens (including phenoxy) is 1. The van der Waals surface area contributed by atoms with Crippen molar-refractivity contribution in [3.63, 3.8) is 0 Å². The molecule has 0 aliphatic heterocycles. The van der Waals surface area contributed by atoms with Crippen LogP contribution in [0.5, 0.6) is 0 Å². The fourth-order valence-corrected chi connectivity index (χ4v) is 2.67. The molecule has 0 saturated carbocycles. The molecule has 4 N–H and O–H groups in total. The zero-order chi connectivity index (χ0) is 18.9. The molecule has 0 spiro atoms. The van der Waals surface area contributed by atoms with E-state index in [1.165, 1.54) is 6.92 Å². The first-order valence-electron chi connectivity index (χ1n) is 9.82. The molecule has 0 aromatic carbocycles. The largest absolute Gasteiger partial charge is 0.457 e. The molecule has 0 aromatic heterocycles. The highest BCUT2D eigenvalue weighted by molar-refractivity contribution is 5.69. The van der Waals surface area contributed by atoms with Crippen molar-refractivity contribution >= 4 is 5.97 Å². The Morgan fingerprint density at radius 1 is 0.800 bits per heavy atom. The Hall–Kier alpha value is -0.690. The number of carbonyl (C=O) groups excluding carboxylic acids is 1. The van der Waals surface area contributed by atoms with E-state index in [1.807, 2.05) is 0 Å². The highest BCUT2D eigenvalue weighted by atomic mass is 16.6. The molecule has 6 nitrogen and oxygen atoms in total. The number of unbranched alkanes of at least 4 members (excludes halogenated alkanes) is 8. The van der Waals surface area contributed by atoms with Gasteiger partial charge in [-0.05, 0) is 32.6 Å². The van der Waals surface area contributed by atoms with Crippen LogP contribution in [0.2, 0.25) is 0 Å². The van der Waals surface area contributed by atoms with Gasteiger partial charge in [-0.1, -0.05) is 51.4 Å². The first-order chi connectivity index (χ1) is 12.0. The number of hydrogen-bond donors (Lipinski definition) is 4. The molecular formula is C19H38O6. The van der Waals surface area contributed by atoms with E-state index < -0.39 is 18.4 Å². The van der Waals surface area contributed by atoms with Crippen LogP contribution in [-0.2, 0) is 9.53 Å². The summed E-state index contributed by atoms with van der Waals surface area (Å²) in [4.78, 5) is 11.4. The van der Waals surface area contributed by atoms with Crippen LogP contribution in [0.15, 0.2) is 0 Å². The smallest absolute Gasteiger partial charge is 0.306 e. The molecule has 0 aliphatic rings. The summed E-state index contributed by atoms with van der Waals surface area (Å²) in [5, 5.41) is 36.3. The van der Waals surface area contributed by atoms with Crippen LogP contribution in [0, 0.1) is 0 Å². The van der Waals surface area contributed by atoms with Gasteiger partial charge in [0.1, 0.15) is 6.10 Å². The molecular weight excluding hydrogens is 324 g/mol. The van der Waals surface area contributed by atoms with E-state index in [2.05, 4.69) is 0 Å². The van der Waals surface area contributed by atoms with Crippen molar-refractivity contribution in [3.05, 3.63) is 0 Å². The lowest BCUT2D eigenvalue weighted by Crippen LogP contribution is -2.27. The average Bonchev–Trinajstić information content (AvgIpc) is 2.56. The Morgan fingerprint density at radius 3 is 1.80 bits per heavy atom. The van der Waals surface area contributed by atoms with Crippen LogP contribution in [-0.4, -0.2) is 51.5 Å². The Balaban J connectivity index is 3.35. The van der Waals surface area contributed by atoms with Crippen LogP contribution in [0.3, 0.4) is 0 Å². The summed E-state index contributed by atoms with van der Waals surface area (Å²) >= 11 is 0. The van der Waals surface area contributed by atoms with Gasteiger partial charge in [0.25, 0.3) is 0 Å². The second-order valence-electron chi connectivity index (χ2n) is 6.85. The number of hydrogen-bond acceptors (Lipinski definition) is 6. The summed E-state index contributed by atoms with van der Waals surface area (Å²) in [5.74, 6) is -0.394. The molecule has 2 atom stereocenters. The molecule has 0 saturated heterocycles. The van der Waals surface area contributed by atoms with Gasteiger partial charge in [0.05, 0.1) is 6.10 Å². The fourth-order valence-electron chi connectivity index (χ4n) is 2.67. The van der Waals surface area contributed by atoms with Crippen molar-refractivity contribution in [1.29, 1.82) is 0 Å². The predicted octanol–water partition coefficient (Wildman–Crippen LogP) is 2.65. The minimum Gasteiger partial charge on any atom is -0.457 e. The van der Waals surface area contributed by atoms with Crippen molar-refractivity contribution in [1.82, 2.24) is 0 Å². The monoisotopic (exact) mass is 362 g/mol. The highest BCUT2D eigenvalue weighted by Gasteiger charge is 2.15. The predicted molar refractivity (Wildman–Crippen MR) is 96.9 cm³/mol. The average molecular weight is 363 g/mol. The zero-order valence-electron chi connectivity index (χ0n) is 15.7. The van der Waals surface area contributed by atoms with Gasteiger partial charge < -0.3 is 25.2 Å². The molecule has 0 amide bonds. The third-order valence-electron chi connectivity index (χ3n) is 4.35. The number of esters is 1. The molecule has 0 heterocycles.